The van der Waals surface area contributed by atoms with E-state index in [1.165, 1.54) is 4.90 Å². The van der Waals surface area contributed by atoms with E-state index < -0.39 is 11.7 Å². The van der Waals surface area contributed by atoms with Gasteiger partial charge in [-0.1, -0.05) is 30.3 Å². The van der Waals surface area contributed by atoms with Gasteiger partial charge in [0.2, 0.25) is 0 Å². The van der Waals surface area contributed by atoms with Gasteiger partial charge in [-0.3, -0.25) is 4.90 Å². The van der Waals surface area contributed by atoms with E-state index in [0.717, 1.165) is 5.56 Å². The smallest absolute Gasteiger partial charge is 0.298 e. The maximum Gasteiger partial charge on any atom is 0.401 e. The Morgan fingerprint density at radius 1 is 1.43 bits per heavy atom. The van der Waals surface area contributed by atoms with Crippen LogP contribution in [0.2, 0.25) is 0 Å². The summed E-state index contributed by atoms with van der Waals surface area (Å²) in [6.07, 6.45) is -1.34. The molecule has 1 aromatic carbocycles. The van der Waals surface area contributed by atoms with Gasteiger partial charge in [0, 0.05) is 0 Å². The van der Waals surface area contributed by atoms with E-state index in [2.05, 4.69) is 0 Å². The van der Waals surface area contributed by atoms with Gasteiger partial charge in [0.15, 0.2) is 0 Å². The molecule has 2 nitrogen and oxygen atoms in total. The third-order valence-electron chi connectivity index (χ3n) is 3.18. The quantitative estimate of drug-likeness (QED) is 0.381. The molecule has 1 aliphatic heterocycles. The second kappa shape index (κ2) is 2.80. The molecule has 0 unspecified atom stereocenters. The van der Waals surface area contributed by atoms with E-state index in [1.807, 2.05) is 44.2 Å². The van der Waals surface area contributed by atoms with Crippen molar-refractivity contribution in [1.82, 2.24) is 4.90 Å². The molecule has 0 spiro atoms. The fraction of sp³-hybridized carbons (Fsp3) is 0.364. The van der Waals surface area contributed by atoms with E-state index in [1.54, 1.807) is 0 Å². The molecule has 0 saturated carbocycles. The molecule has 2 rings (SSSR count). The van der Waals surface area contributed by atoms with Crippen LogP contribution in [-0.2, 0) is 5.54 Å². The van der Waals surface area contributed by atoms with Crippen molar-refractivity contribution in [3.63, 3.8) is 0 Å². The highest BCUT2D eigenvalue weighted by molar-refractivity contribution is 5.73. The van der Waals surface area contributed by atoms with E-state index in [-0.39, 0.29) is 6.04 Å². The van der Waals surface area contributed by atoms with Crippen LogP contribution in [0, 0.1) is 0 Å². The predicted octanol–water partition coefficient (Wildman–Crippen LogP) is 2.70. The Morgan fingerprint density at radius 2 is 2.00 bits per heavy atom. The van der Waals surface area contributed by atoms with Crippen molar-refractivity contribution in [2.45, 2.75) is 25.4 Å². The standard InChI is InChI=1S/C11H12FNO/c1-8-11(2,13(8)10(12)14)9-6-4-3-5-7-9/h3-8H,1-2H3/t8-,11-,13?/m1/s1. The Morgan fingerprint density at radius 3 is 2.43 bits per heavy atom. The minimum Gasteiger partial charge on any atom is -0.298 e. The second-order valence-corrected chi connectivity index (χ2v) is 3.81. The maximum absolute atomic E-state index is 12.6. The molecule has 1 aromatic rings. The summed E-state index contributed by atoms with van der Waals surface area (Å²) in [5.74, 6) is 0. The number of hydrogen-bond acceptors (Lipinski definition) is 1. The molecule has 0 aromatic heterocycles. The number of carbonyl (C=O) groups is 1. The fourth-order valence-electron chi connectivity index (χ4n) is 2.05. The SMILES string of the molecule is C[C@H]1N(C(=O)F)[C@@]1(C)c1ccccc1. The van der Waals surface area contributed by atoms with E-state index >= 15 is 0 Å². The molecular weight excluding hydrogens is 181 g/mol. The summed E-state index contributed by atoms with van der Waals surface area (Å²) in [7, 11) is 0. The zero-order valence-corrected chi connectivity index (χ0v) is 8.20. The molecule has 2 atom stereocenters. The Labute approximate surface area is 82.3 Å². The van der Waals surface area contributed by atoms with Crippen molar-refractivity contribution in [2.75, 3.05) is 0 Å². The van der Waals surface area contributed by atoms with Crippen LogP contribution in [0.5, 0.6) is 0 Å². The van der Waals surface area contributed by atoms with Gasteiger partial charge < -0.3 is 0 Å². The third kappa shape index (κ3) is 1.05. The molecule has 1 aliphatic rings. The van der Waals surface area contributed by atoms with Crippen LogP contribution in [0.1, 0.15) is 19.4 Å². The summed E-state index contributed by atoms with van der Waals surface area (Å²) in [5, 5.41) is 0. The zero-order chi connectivity index (χ0) is 10.3. The Bertz CT molecular complexity index is 365. The first-order valence-corrected chi connectivity index (χ1v) is 4.63. The highest BCUT2D eigenvalue weighted by Gasteiger charge is 2.60. The fourth-order valence-corrected chi connectivity index (χ4v) is 2.05. The minimum atomic E-state index is -1.34. The summed E-state index contributed by atoms with van der Waals surface area (Å²) in [6.45, 7) is 3.73. The molecule has 1 heterocycles. The van der Waals surface area contributed by atoms with Gasteiger partial charge in [0.1, 0.15) is 0 Å². The van der Waals surface area contributed by atoms with Crippen LogP contribution in [0.15, 0.2) is 30.3 Å². The summed E-state index contributed by atoms with van der Waals surface area (Å²) >= 11 is 0. The second-order valence-electron chi connectivity index (χ2n) is 3.81. The summed E-state index contributed by atoms with van der Waals surface area (Å²) in [5.41, 5.74) is 0.533. The van der Waals surface area contributed by atoms with Crippen molar-refractivity contribution in [2.24, 2.45) is 0 Å². The van der Waals surface area contributed by atoms with Crippen LogP contribution in [0.4, 0.5) is 9.18 Å². The molecule has 3 heteroatoms. The van der Waals surface area contributed by atoms with E-state index in [4.69, 9.17) is 0 Å². The molecule has 1 saturated heterocycles. The monoisotopic (exact) mass is 193 g/mol. The summed E-state index contributed by atoms with van der Waals surface area (Å²) < 4.78 is 12.6. The highest BCUT2D eigenvalue weighted by Crippen LogP contribution is 2.49. The number of amides is 1. The first kappa shape index (κ1) is 9.19. The van der Waals surface area contributed by atoms with Gasteiger partial charge >= 0.3 is 6.16 Å². The number of rotatable bonds is 1. The van der Waals surface area contributed by atoms with Gasteiger partial charge in [-0.2, -0.15) is 0 Å². The largest absolute Gasteiger partial charge is 0.401 e. The van der Waals surface area contributed by atoms with Crippen LogP contribution < -0.4 is 0 Å². The summed E-state index contributed by atoms with van der Waals surface area (Å²) in [4.78, 5) is 11.9. The van der Waals surface area contributed by atoms with Crippen molar-refractivity contribution in [1.29, 1.82) is 0 Å². The Hall–Kier alpha value is -1.38. The van der Waals surface area contributed by atoms with Crippen LogP contribution in [0.25, 0.3) is 0 Å². The first-order chi connectivity index (χ1) is 6.58. The molecule has 74 valence electrons. The Balaban J connectivity index is 2.33. The van der Waals surface area contributed by atoms with Gasteiger partial charge in [0.05, 0.1) is 11.6 Å². The topological polar surface area (TPSA) is 20.1 Å². The van der Waals surface area contributed by atoms with Crippen molar-refractivity contribution in [3.8, 4) is 0 Å². The van der Waals surface area contributed by atoms with Crippen LogP contribution >= 0.6 is 0 Å². The van der Waals surface area contributed by atoms with Gasteiger partial charge in [-0.05, 0) is 19.4 Å². The molecule has 0 radical (unpaired) electrons. The number of hydrogen-bond donors (Lipinski definition) is 0. The lowest BCUT2D eigenvalue weighted by molar-refractivity contribution is 0.199. The molecule has 1 amide bonds. The van der Waals surface area contributed by atoms with Gasteiger partial charge in [0.25, 0.3) is 0 Å². The Kier molecular flexibility index (Phi) is 1.84. The molecule has 0 bridgehead atoms. The van der Waals surface area contributed by atoms with Crippen LogP contribution in [-0.4, -0.2) is 17.1 Å². The molecule has 14 heavy (non-hydrogen) atoms. The minimum absolute atomic E-state index is 0.0533. The number of carbonyl (C=O) groups excluding carboxylic acids is 1. The normalized spacial score (nSPS) is 30.2. The molecule has 0 N–H and O–H groups in total. The van der Waals surface area contributed by atoms with Gasteiger partial charge in [-0.15, -0.1) is 4.39 Å². The van der Waals surface area contributed by atoms with Crippen molar-refractivity contribution in [3.05, 3.63) is 35.9 Å². The lowest BCUT2D eigenvalue weighted by Crippen LogP contribution is -2.14. The van der Waals surface area contributed by atoms with Crippen LogP contribution in [0.3, 0.4) is 0 Å². The third-order valence-corrected chi connectivity index (χ3v) is 3.18. The number of halogens is 1. The molecular formula is C11H12FNO. The average molecular weight is 193 g/mol. The number of nitrogens with zero attached hydrogens (tertiary/aromatic N) is 1. The molecule has 1 fully saturated rings. The van der Waals surface area contributed by atoms with Gasteiger partial charge in [-0.25, -0.2) is 4.79 Å². The maximum atomic E-state index is 12.6. The average Bonchev–Trinajstić information content (AvgIpc) is 2.72. The zero-order valence-electron chi connectivity index (χ0n) is 8.20. The lowest BCUT2D eigenvalue weighted by Gasteiger charge is -2.09. The van der Waals surface area contributed by atoms with Crippen molar-refractivity contribution < 1.29 is 9.18 Å². The summed E-state index contributed by atoms with van der Waals surface area (Å²) in [6, 6.07) is 9.47. The van der Waals surface area contributed by atoms with E-state index in [0.29, 0.717) is 0 Å². The lowest BCUT2D eigenvalue weighted by atomic mass is 9.98. The van der Waals surface area contributed by atoms with Crippen molar-refractivity contribution >= 4 is 6.16 Å². The number of benzene rings is 1. The molecule has 0 aliphatic carbocycles. The predicted molar refractivity (Wildman–Crippen MR) is 51.6 cm³/mol. The van der Waals surface area contributed by atoms with E-state index in [9.17, 15) is 9.18 Å². The first-order valence-electron chi connectivity index (χ1n) is 4.63. The highest BCUT2D eigenvalue weighted by atomic mass is 19.1.